The van der Waals surface area contributed by atoms with Crippen LogP contribution in [0.2, 0.25) is 0 Å². The second kappa shape index (κ2) is 5.87. The first-order valence-electron chi connectivity index (χ1n) is 5.57. The molecule has 0 fully saturated rings. The lowest BCUT2D eigenvalue weighted by Crippen LogP contribution is -2.17. The number of hydrogen-bond donors (Lipinski definition) is 1. The average molecular weight is 249 g/mol. The van der Waals surface area contributed by atoms with E-state index in [0.717, 1.165) is 5.82 Å². The molecule has 0 N–H and O–H groups in total. The van der Waals surface area contributed by atoms with Crippen molar-refractivity contribution in [3.63, 3.8) is 0 Å². The van der Waals surface area contributed by atoms with Crippen molar-refractivity contribution in [2.24, 2.45) is 0 Å². The van der Waals surface area contributed by atoms with Gasteiger partial charge in [-0.15, -0.1) is 22.8 Å². The van der Waals surface area contributed by atoms with Crippen molar-refractivity contribution in [1.29, 1.82) is 0 Å². The van der Waals surface area contributed by atoms with Crippen LogP contribution in [-0.4, -0.2) is 14.8 Å². The van der Waals surface area contributed by atoms with Crippen LogP contribution in [0, 0.1) is 0 Å². The quantitative estimate of drug-likeness (QED) is 0.657. The lowest BCUT2D eigenvalue weighted by Gasteiger charge is -2.16. The fourth-order valence-electron chi connectivity index (χ4n) is 1.31. The smallest absolute Gasteiger partial charge is 0.192 e. The van der Waals surface area contributed by atoms with Gasteiger partial charge in [-0.25, -0.2) is 0 Å². The zero-order chi connectivity index (χ0) is 12.9. The first-order valence-corrected chi connectivity index (χ1v) is 6.02. The fraction of sp³-hybridized carbons (Fsp3) is 0.385. The first-order chi connectivity index (χ1) is 7.96. The second-order valence-corrected chi connectivity index (χ2v) is 5.10. The summed E-state index contributed by atoms with van der Waals surface area (Å²) >= 11 is 4.29. The normalized spacial score (nSPS) is 13.5. The zero-order valence-corrected chi connectivity index (χ0v) is 11.6. The van der Waals surface area contributed by atoms with E-state index in [1.807, 2.05) is 48.1 Å². The summed E-state index contributed by atoms with van der Waals surface area (Å²) in [5.41, 5.74) is -0.0502. The number of nitrogens with zero attached hydrogens (tertiary/aromatic N) is 3. The van der Waals surface area contributed by atoms with E-state index in [2.05, 4.69) is 43.6 Å². The van der Waals surface area contributed by atoms with Crippen molar-refractivity contribution >= 4 is 18.8 Å². The Morgan fingerprint density at radius 1 is 1.06 bits per heavy atom. The van der Waals surface area contributed by atoms with Crippen molar-refractivity contribution in [1.82, 2.24) is 14.8 Å². The van der Waals surface area contributed by atoms with Gasteiger partial charge in [0.15, 0.2) is 5.16 Å². The minimum Gasteiger partial charge on any atom is -0.281 e. The molecule has 1 aromatic rings. The van der Waals surface area contributed by atoms with Crippen molar-refractivity contribution in [3.8, 4) is 0 Å². The monoisotopic (exact) mass is 249 g/mol. The van der Waals surface area contributed by atoms with Crippen LogP contribution >= 0.6 is 12.6 Å². The van der Waals surface area contributed by atoms with Crippen LogP contribution in [0.1, 0.15) is 33.5 Å². The summed E-state index contributed by atoms with van der Waals surface area (Å²) in [6, 6.07) is 0. The molecule has 0 saturated heterocycles. The van der Waals surface area contributed by atoms with E-state index in [1.165, 1.54) is 0 Å². The summed E-state index contributed by atoms with van der Waals surface area (Å²) in [5, 5.41) is 8.74. The van der Waals surface area contributed by atoms with Crippen LogP contribution in [0.4, 0.5) is 0 Å². The predicted octanol–water partition coefficient (Wildman–Crippen LogP) is 3.47. The summed E-state index contributed by atoms with van der Waals surface area (Å²) in [5.74, 6) is 0.901. The number of hydrogen-bond acceptors (Lipinski definition) is 3. The Hall–Kier alpha value is -1.29. The molecule has 0 unspecified atom stereocenters. The zero-order valence-electron chi connectivity index (χ0n) is 10.8. The molecule has 1 rings (SSSR count). The maximum Gasteiger partial charge on any atom is 0.192 e. The molecule has 0 radical (unpaired) electrons. The van der Waals surface area contributed by atoms with Gasteiger partial charge in [0, 0.05) is 11.6 Å². The maximum absolute atomic E-state index is 4.29. The maximum atomic E-state index is 4.29. The third kappa shape index (κ3) is 3.89. The van der Waals surface area contributed by atoms with Gasteiger partial charge in [-0.05, 0) is 13.0 Å². The molecule has 0 saturated carbocycles. The molecule has 0 spiro atoms. The van der Waals surface area contributed by atoms with Crippen molar-refractivity contribution in [3.05, 3.63) is 36.2 Å². The molecule has 92 valence electrons. The summed E-state index contributed by atoms with van der Waals surface area (Å²) in [4.78, 5) is 0. The Morgan fingerprint density at radius 2 is 1.71 bits per heavy atom. The minimum absolute atomic E-state index is 0.0502. The molecule has 17 heavy (non-hydrogen) atoms. The standard InChI is InChI=1S/C13H19N3S/c1-5-6-7-8-9-10-16-11(13(2,3)4)14-15-12(16)17/h5-10H,1-4H3,(H,15,17)/b6-5-,8-7-,10-9+. The van der Waals surface area contributed by atoms with E-state index in [0.29, 0.717) is 5.16 Å². The van der Waals surface area contributed by atoms with Crippen molar-refractivity contribution in [2.45, 2.75) is 38.3 Å². The molecule has 0 aliphatic heterocycles. The molecule has 3 nitrogen and oxygen atoms in total. The Morgan fingerprint density at radius 3 is 2.29 bits per heavy atom. The Balaban J connectivity index is 2.94. The number of thiol groups is 1. The van der Waals surface area contributed by atoms with E-state index >= 15 is 0 Å². The molecule has 0 amide bonds. The van der Waals surface area contributed by atoms with Gasteiger partial charge in [0.1, 0.15) is 5.82 Å². The summed E-state index contributed by atoms with van der Waals surface area (Å²) < 4.78 is 1.89. The minimum atomic E-state index is -0.0502. The van der Waals surface area contributed by atoms with Gasteiger partial charge in [-0.1, -0.05) is 45.1 Å². The van der Waals surface area contributed by atoms with Crippen LogP contribution in [0.15, 0.2) is 35.5 Å². The van der Waals surface area contributed by atoms with Gasteiger partial charge < -0.3 is 0 Å². The van der Waals surface area contributed by atoms with E-state index in [1.54, 1.807) is 0 Å². The lowest BCUT2D eigenvalue weighted by molar-refractivity contribution is 0.534. The number of allylic oxidation sites excluding steroid dienone is 5. The molecular weight excluding hydrogens is 230 g/mol. The summed E-state index contributed by atoms with van der Waals surface area (Å²) in [6.07, 6.45) is 11.7. The van der Waals surface area contributed by atoms with Gasteiger partial charge >= 0.3 is 0 Å². The van der Waals surface area contributed by atoms with Crippen LogP contribution in [-0.2, 0) is 5.41 Å². The van der Waals surface area contributed by atoms with Gasteiger partial charge in [0.25, 0.3) is 0 Å². The van der Waals surface area contributed by atoms with Crippen LogP contribution < -0.4 is 0 Å². The highest BCUT2D eigenvalue weighted by Crippen LogP contribution is 2.22. The van der Waals surface area contributed by atoms with E-state index in [9.17, 15) is 0 Å². The Kier molecular flexibility index (Phi) is 4.75. The third-order valence-electron chi connectivity index (χ3n) is 2.11. The van der Waals surface area contributed by atoms with Crippen molar-refractivity contribution < 1.29 is 0 Å². The van der Waals surface area contributed by atoms with Gasteiger partial charge in [0.2, 0.25) is 0 Å². The molecule has 0 aliphatic carbocycles. The molecule has 0 atom stereocenters. The lowest BCUT2D eigenvalue weighted by atomic mass is 9.96. The molecule has 0 bridgehead atoms. The molecule has 1 heterocycles. The third-order valence-corrected chi connectivity index (χ3v) is 2.41. The molecule has 0 aromatic carbocycles. The largest absolute Gasteiger partial charge is 0.281 e. The summed E-state index contributed by atoms with van der Waals surface area (Å²) in [7, 11) is 0. The van der Waals surface area contributed by atoms with Crippen molar-refractivity contribution in [2.75, 3.05) is 0 Å². The van der Waals surface area contributed by atoms with Gasteiger partial charge in [-0.2, -0.15) is 0 Å². The highest BCUT2D eigenvalue weighted by Gasteiger charge is 2.21. The highest BCUT2D eigenvalue weighted by molar-refractivity contribution is 7.80. The SMILES string of the molecule is C\C=C/C=C\C=C\n1c(S)nnc1C(C)(C)C. The molecular formula is C13H19N3S. The number of rotatable bonds is 3. The second-order valence-electron chi connectivity index (χ2n) is 4.70. The topological polar surface area (TPSA) is 30.7 Å². The average Bonchev–Trinajstić information content (AvgIpc) is 2.59. The van der Waals surface area contributed by atoms with E-state index in [4.69, 9.17) is 0 Å². The Bertz CT molecular complexity index is 448. The van der Waals surface area contributed by atoms with Crippen LogP contribution in [0.25, 0.3) is 6.20 Å². The van der Waals surface area contributed by atoms with Crippen LogP contribution in [0.3, 0.4) is 0 Å². The highest BCUT2D eigenvalue weighted by atomic mass is 32.1. The first kappa shape index (κ1) is 13.8. The number of aromatic nitrogens is 3. The van der Waals surface area contributed by atoms with Crippen LogP contribution in [0.5, 0.6) is 0 Å². The molecule has 1 aromatic heterocycles. The fourth-order valence-corrected chi connectivity index (χ4v) is 1.51. The Labute approximate surface area is 108 Å². The van der Waals surface area contributed by atoms with E-state index in [-0.39, 0.29) is 5.41 Å². The molecule has 0 aliphatic rings. The van der Waals surface area contributed by atoms with Gasteiger partial charge in [-0.3, -0.25) is 4.57 Å². The molecule has 4 heteroatoms. The predicted molar refractivity (Wildman–Crippen MR) is 75.3 cm³/mol. The van der Waals surface area contributed by atoms with E-state index < -0.39 is 0 Å². The van der Waals surface area contributed by atoms with Gasteiger partial charge in [0.05, 0.1) is 0 Å². The summed E-state index contributed by atoms with van der Waals surface area (Å²) in [6.45, 7) is 8.29.